The highest BCUT2D eigenvalue weighted by molar-refractivity contribution is 5.95. The Morgan fingerprint density at radius 3 is 2.19 bits per heavy atom. The SMILES string of the molecule is CCOc1ccccc1OCCCC(=O)Nc1ccc(C(=O)N(C)C)cc1. The molecule has 0 saturated carbocycles. The molecule has 0 atom stereocenters. The van der Waals surface area contributed by atoms with Crippen molar-refractivity contribution >= 4 is 17.5 Å². The summed E-state index contributed by atoms with van der Waals surface area (Å²) in [6.45, 7) is 2.92. The molecule has 0 unspecified atom stereocenters. The molecule has 27 heavy (non-hydrogen) atoms. The molecule has 2 aromatic rings. The second-order valence-corrected chi connectivity index (χ2v) is 6.16. The number of anilines is 1. The smallest absolute Gasteiger partial charge is 0.253 e. The normalized spacial score (nSPS) is 10.2. The monoisotopic (exact) mass is 370 g/mol. The number of nitrogens with one attached hydrogen (secondary N) is 1. The van der Waals surface area contributed by atoms with Crippen LogP contribution in [0.3, 0.4) is 0 Å². The van der Waals surface area contributed by atoms with Crippen LogP contribution in [0.4, 0.5) is 5.69 Å². The molecular weight excluding hydrogens is 344 g/mol. The summed E-state index contributed by atoms with van der Waals surface area (Å²) >= 11 is 0. The number of ether oxygens (including phenoxy) is 2. The van der Waals surface area contributed by atoms with Crippen molar-refractivity contribution in [3.8, 4) is 11.5 Å². The highest BCUT2D eigenvalue weighted by Gasteiger charge is 2.09. The maximum absolute atomic E-state index is 12.1. The van der Waals surface area contributed by atoms with Crippen LogP contribution in [-0.4, -0.2) is 44.0 Å². The van der Waals surface area contributed by atoms with Gasteiger partial charge in [0.1, 0.15) is 0 Å². The average Bonchev–Trinajstić information content (AvgIpc) is 2.66. The van der Waals surface area contributed by atoms with Gasteiger partial charge in [-0.1, -0.05) is 12.1 Å². The van der Waals surface area contributed by atoms with Gasteiger partial charge >= 0.3 is 0 Å². The number of carbonyl (C=O) groups is 2. The first-order valence-corrected chi connectivity index (χ1v) is 8.97. The van der Waals surface area contributed by atoms with Gasteiger partial charge in [0.05, 0.1) is 13.2 Å². The summed E-state index contributed by atoms with van der Waals surface area (Å²) in [6.07, 6.45) is 0.929. The minimum absolute atomic E-state index is 0.0719. The van der Waals surface area contributed by atoms with Crippen LogP contribution < -0.4 is 14.8 Å². The minimum atomic E-state index is -0.0941. The van der Waals surface area contributed by atoms with E-state index in [1.54, 1.807) is 38.4 Å². The summed E-state index contributed by atoms with van der Waals surface area (Å²) < 4.78 is 11.2. The summed E-state index contributed by atoms with van der Waals surface area (Å²) in [4.78, 5) is 25.4. The third-order valence-electron chi connectivity index (χ3n) is 3.78. The summed E-state index contributed by atoms with van der Waals surface area (Å²) in [7, 11) is 3.40. The largest absolute Gasteiger partial charge is 0.490 e. The molecule has 2 aromatic carbocycles. The highest BCUT2D eigenvalue weighted by Crippen LogP contribution is 2.26. The molecule has 2 rings (SSSR count). The molecule has 0 aliphatic rings. The first kappa shape index (κ1) is 20.3. The number of amides is 2. The van der Waals surface area contributed by atoms with E-state index in [0.717, 1.165) is 0 Å². The summed E-state index contributed by atoms with van der Waals surface area (Å²) in [6, 6.07) is 14.3. The quantitative estimate of drug-likeness (QED) is 0.685. The number of hydrogen-bond acceptors (Lipinski definition) is 4. The molecule has 1 N–H and O–H groups in total. The maximum atomic E-state index is 12.1. The Labute approximate surface area is 160 Å². The predicted molar refractivity (Wildman–Crippen MR) is 105 cm³/mol. The topological polar surface area (TPSA) is 67.9 Å². The molecule has 0 aliphatic heterocycles. The van der Waals surface area contributed by atoms with Gasteiger partial charge in [0.2, 0.25) is 5.91 Å². The zero-order valence-electron chi connectivity index (χ0n) is 16.0. The van der Waals surface area contributed by atoms with Crippen LogP contribution in [0, 0.1) is 0 Å². The Bertz CT molecular complexity index is 757. The standard InChI is InChI=1S/C21H26N2O4/c1-4-26-18-8-5-6-9-19(18)27-15-7-10-20(24)22-17-13-11-16(12-14-17)21(25)23(2)3/h5-6,8-9,11-14H,4,7,10,15H2,1-3H3,(H,22,24). The lowest BCUT2D eigenvalue weighted by Crippen LogP contribution is -2.21. The van der Waals surface area contributed by atoms with E-state index in [4.69, 9.17) is 9.47 Å². The lowest BCUT2D eigenvalue weighted by Gasteiger charge is -2.12. The van der Waals surface area contributed by atoms with Crippen molar-refractivity contribution in [1.82, 2.24) is 4.90 Å². The van der Waals surface area contributed by atoms with E-state index in [2.05, 4.69) is 5.32 Å². The molecule has 6 nitrogen and oxygen atoms in total. The third-order valence-corrected chi connectivity index (χ3v) is 3.78. The van der Waals surface area contributed by atoms with Crippen molar-refractivity contribution in [2.45, 2.75) is 19.8 Å². The van der Waals surface area contributed by atoms with Crippen LogP contribution in [0.15, 0.2) is 48.5 Å². The summed E-state index contributed by atoms with van der Waals surface area (Å²) in [5.74, 6) is 1.22. The fraction of sp³-hybridized carbons (Fsp3) is 0.333. The highest BCUT2D eigenvalue weighted by atomic mass is 16.5. The van der Waals surface area contributed by atoms with E-state index >= 15 is 0 Å². The molecule has 0 heterocycles. The zero-order valence-corrected chi connectivity index (χ0v) is 16.0. The van der Waals surface area contributed by atoms with E-state index < -0.39 is 0 Å². The Morgan fingerprint density at radius 2 is 1.59 bits per heavy atom. The van der Waals surface area contributed by atoms with Crippen LogP contribution in [0.5, 0.6) is 11.5 Å². The first-order chi connectivity index (χ1) is 13.0. The van der Waals surface area contributed by atoms with Crippen molar-refractivity contribution in [1.29, 1.82) is 0 Å². The van der Waals surface area contributed by atoms with Crippen molar-refractivity contribution in [2.75, 3.05) is 32.6 Å². The molecule has 0 radical (unpaired) electrons. The molecule has 144 valence electrons. The fourth-order valence-corrected chi connectivity index (χ4v) is 2.44. The predicted octanol–water partition coefficient (Wildman–Crippen LogP) is 3.58. The van der Waals surface area contributed by atoms with Gasteiger partial charge in [-0.2, -0.15) is 0 Å². The van der Waals surface area contributed by atoms with Gasteiger partial charge in [-0.05, 0) is 49.7 Å². The van der Waals surface area contributed by atoms with E-state index in [1.807, 2.05) is 31.2 Å². The van der Waals surface area contributed by atoms with E-state index in [9.17, 15) is 9.59 Å². The van der Waals surface area contributed by atoms with Crippen molar-refractivity contribution in [2.24, 2.45) is 0 Å². The molecule has 0 bridgehead atoms. The lowest BCUT2D eigenvalue weighted by atomic mass is 10.2. The Balaban J connectivity index is 1.76. The summed E-state index contributed by atoms with van der Waals surface area (Å²) in [5, 5.41) is 2.82. The van der Waals surface area contributed by atoms with Crippen molar-refractivity contribution < 1.29 is 19.1 Å². The molecule has 6 heteroatoms. The van der Waals surface area contributed by atoms with Gasteiger partial charge in [-0.25, -0.2) is 0 Å². The first-order valence-electron chi connectivity index (χ1n) is 8.97. The fourth-order valence-electron chi connectivity index (χ4n) is 2.44. The summed E-state index contributed by atoms with van der Waals surface area (Å²) in [5.41, 5.74) is 1.25. The van der Waals surface area contributed by atoms with Gasteiger partial charge < -0.3 is 19.7 Å². The molecule has 0 fully saturated rings. The molecular formula is C21H26N2O4. The van der Waals surface area contributed by atoms with E-state index in [1.165, 1.54) is 4.90 Å². The number of carbonyl (C=O) groups excluding carboxylic acids is 2. The Kier molecular flexibility index (Phi) is 7.67. The number of rotatable bonds is 9. The molecule has 0 aromatic heterocycles. The average molecular weight is 370 g/mol. The van der Waals surface area contributed by atoms with Crippen LogP contribution >= 0.6 is 0 Å². The molecule has 0 aliphatic carbocycles. The second-order valence-electron chi connectivity index (χ2n) is 6.16. The van der Waals surface area contributed by atoms with Crippen molar-refractivity contribution in [3.05, 3.63) is 54.1 Å². The molecule has 2 amide bonds. The number of para-hydroxylation sites is 2. The van der Waals surface area contributed by atoms with Crippen molar-refractivity contribution in [3.63, 3.8) is 0 Å². The second kappa shape index (κ2) is 10.2. The van der Waals surface area contributed by atoms with E-state index in [0.29, 0.717) is 48.8 Å². The maximum Gasteiger partial charge on any atom is 0.253 e. The molecule has 0 spiro atoms. The minimum Gasteiger partial charge on any atom is -0.490 e. The Morgan fingerprint density at radius 1 is 0.963 bits per heavy atom. The van der Waals surface area contributed by atoms with Gasteiger partial charge in [0, 0.05) is 31.8 Å². The Hall–Kier alpha value is -3.02. The van der Waals surface area contributed by atoms with Gasteiger partial charge in [-0.15, -0.1) is 0 Å². The number of hydrogen-bond donors (Lipinski definition) is 1. The zero-order chi connectivity index (χ0) is 19.6. The third kappa shape index (κ3) is 6.33. The number of benzene rings is 2. The van der Waals surface area contributed by atoms with Crippen LogP contribution in [0.2, 0.25) is 0 Å². The van der Waals surface area contributed by atoms with Gasteiger partial charge in [0.15, 0.2) is 11.5 Å². The van der Waals surface area contributed by atoms with E-state index in [-0.39, 0.29) is 11.8 Å². The van der Waals surface area contributed by atoms with Crippen LogP contribution in [0.1, 0.15) is 30.1 Å². The van der Waals surface area contributed by atoms with Crippen LogP contribution in [0.25, 0.3) is 0 Å². The lowest BCUT2D eigenvalue weighted by molar-refractivity contribution is -0.116. The van der Waals surface area contributed by atoms with Gasteiger partial charge in [0.25, 0.3) is 5.91 Å². The molecule has 0 saturated heterocycles. The van der Waals surface area contributed by atoms with Gasteiger partial charge in [-0.3, -0.25) is 9.59 Å². The van der Waals surface area contributed by atoms with Crippen LogP contribution in [-0.2, 0) is 4.79 Å². The number of nitrogens with zero attached hydrogens (tertiary/aromatic N) is 1.